The number of hydrogen-bond acceptors (Lipinski definition) is 4. The van der Waals surface area contributed by atoms with Gasteiger partial charge in [-0.1, -0.05) is 13.8 Å². The lowest BCUT2D eigenvalue weighted by Crippen LogP contribution is -2.63. The summed E-state index contributed by atoms with van der Waals surface area (Å²) in [5, 5.41) is 4.55. The van der Waals surface area contributed by atoms with Crippen molar-refractivity contribution in [3.63, 3.8) is 0 Å². The molecule has 0 spiro atoms. The molecule has 106 valence electrons. The number of nitrogens with one attached hydrogen (secondary N) is 1. The second-order valence-corrected chi connectivity index (χ2v) is 9.13. The maximum Gasteiger partial charge on any atom is 0.0265 e. The molecule has 2 nitrogen and oxygen atoms in total. The summed E-state index contributed by atoms with van der Waals surface area (Å²) in [5.74, 6) is 4.79. The van der Waals surface area contributed by atoms with E-state index in [1.807, 2.05) is 0 Å². The molecule has 2 aliphatic rings. The van der Waals surface area contributed by atoms with Crippen molar-refractivity contribution in [3.05, 3.63) is 0 Å². The fraction of sp³-hybridized carbons (Fsp3) is 1.00. The monoisotopic (exact) mass is 288 g/mol. The smallest absolute Gasteiger partial charge is 0.0265 e. The highest BCUT2D eigenvalue weighted by Crippen LogP contribution is 2.28. The van der Waals surface area contributed by atoms with Crippen molar-refractivity contribution in [2.45, 2.75) is 44.5 Å². The Balaban J connectivity index is 1.95. The van der Waals surface area contributed by atoms with E-state index in [2.05, 4.69) is 61.4 Å². The molecule has 0 radical (unpaired) electrons. The Hall–Kier alpha value is 0.620. The third kappa shape index (κ3) is 4.06. The van der Waals surface area contributed by atoms with Gasteiger partial charge in [0.1, 0.15) is 0 Å². The molecule has 2 fully saturated rings. The van der Waals surface area contributed by atoms with Crippen LogP contribution in [0.5, 0.6) is 0 Å². The third-order valence-corrected chi connectivity index (χ3v) is 6.78. The van der Waals surface area contributed by atoms with Gasteiger partial charge in [-0.2, -0.15) is 23.5 Å². The number of rotatable bonds is 3. The van der Waals surface area contributed by atoms with Gasteiger partial charge in [-0.3, -0.25) is 4.90 Å². The van der Waals surface area contributed by atoms with Gasteiger partial charge in [0.15, 0.2) is 0 Å². The number of hydrogen-bond donors (Lipinski definition) is 1. The second kappa shape index (κ2) is 6.38. The highest BCUT2D eigenvalue weighted by atomic mass is 32.2. The van der Waals surface area contributed by atoms with Gasteiger partial charge in [-0.15, -0.1) is 0 Å². The van der Waals surface area contributed by atoms with Gasteiger partial charge in [0.25, 0.3) is 0 Å². The van der Waals surface area contributed by atoms with E-state index in [-0.39, 0.29) is 5.54 Å². The van der Waals surface area contributed by atoms with E-state index < -0.39 is 0 Å². The van der Waals surface area contributed by atoms with Crippen LogP contribution in [0.3, 0.4) is 0 Å². The van der Waals surface area contributed by atoms with E-state index in [4.69, 9.17) is 0 Å². The maximum atomic E-state index is 3.70. The standard InChI is InChI=1S/C14H28N2S2/c1-11(2)13-7-15-14(3,4)10-16(13)8-12-9-17-5-6-18-12/h11-13,15H,5-10H2,1-4H3. The highest BCUT2D eigenvalue weighted by molar-refractivity contribution is 8.06. The molecule has 4 heteroatoms. The van der Waals surface area contributed by atoms with Gasteiger partial charge in [0.05, 0.1) is 0 Å². The first-order chi connectivity index (χ1) is 8.48. The Bertz CT molecular complexity index is 263. The molecule has 0 aromatic carbocycles. The van der Waals surface area contributed by atoms with Crippen molar-refractivity contribution in [2.24, 2.45) is 5.92 Å². The Kier molecular flexibility index (Phi) is 5.32. The molecule has 0 bridgehead atoms. The highest BCUT2D eigenvalue weighted by Gasteiger charge is 2.35. The zero-order valence-corrected chi connectivity index (χ0v) is 13.9. The Morgan fingerprint density at radius 1 is 1.33 bits per heavy atom. The molecule has 0 aromatic rings. The van der Waals surface area contributed by atoms with E-state index in [0.29, 0.717) is 6.04 Å². The molecule has 2 unspecified atom stereocenters. The molecule has 2 rings (SSSR count). The van der Waals surface area contributed by atoms with Crippen LogP contribution in [0.15, 0.2) is 0 Å². The molecular weight excluding hydrogens is 260 g/mol. The summed E-state index contributed by atoms with van der Waals surface area (Å²) in [5.41, 5.74) is 0.276. The summed E-state index contributed by atoms with van der Waals surface area (Å²) in [4.78, 5) is 2.75. The van der Waals surface area contributed by atoms with Crippen LogP contribution >= 0.6 is 23.5 Å². The summed E-state index contributed by atoms with van der Waals surface area (Å²) in [6, 6.07) is 0.713. The molecule has 2 atom stereocenters. The summed E-state index contributed by atoms with van der Waals surface area (Å²) in [6.45, 7) is 13.0. The minimum atomic E-state index is 0.276. The van der Waals surface area contributed by atoms with E-state index in [0.717, 1.165) is 17.7 Å². The number of thioether (sulfide) groups is 2. The van der Waals surface area contributed by atoms with E-state index >= 15 is 0 Å². The summed E-state index contributed by atoms with van der Waals surface area (Å²) in [7, 11) is 0. The Morgan fingerprint density at radius 2 is 2.11 bits per heavy atom. The van der Waals surface area contributed by atoms with Gasteiger partial charge < -0.3 is 5.32 Å². The average molecular weight is 289 g/mol. The molecule has 0 saturated carbocycles. The van der Waals surface area contributed by atoms with Crippen LogP contribution in [0.25, 0.3) is 0 Å². The van der Waals surface area contributed by atoms with Gasteiger partial charge in [0, 0.05) is 53.7 Å². The van der Waals surface area contributed by atoms with E-state index in [1.54, 1.807) is 0 Å². The molecule has 18 heavy (non-hydrogen) atoms. The number of nitrogens with zero attached hydrogens (tertiary/aromatic N) is 1. The zero-order valence-electron chi connectivity index (χ0n) is 12.2. The van der Waals surface area contributed by atoms with Crippen LogP contribution in [-0.2, 0) is 0 Å². The van der Waals surface area contributed by atoms with E-state index in [9.17, 15) is 0 Å². The maximum absolute atomic E-state index is 3.70. The van der Waals surface area contributed by atoms with Crippen molar-refractivity contribution in [2.75, 3.05) is 36.9 Å². The van der Waals surface area contributed by atoms with Crippen molar-refractivity contribution in [3.8, 4) is 0 Å². The molecule has 2 aliphatic heterocycles. The fourth-order valence-corrected chi connectivity index (χ4v) is 5.65. The lowest BCUT2D eigenvalue weighted by atomic mass is 9.93. The fourth-order valence-electron chi connectivity index (χ4n) is 2.95. The predicted octanol–water partition coefficient (Wildman–Crippen LogP) is 2.54. The van der Waals surface area contributed by atoms with Crippen LogP contribution in [0, 0.1) is 5.92 Å². The molecule has 0 aromatic heterocycles. The molecule has 2 saturated heterocycles. The zero-order chi connectivity index (χ0) is 13.2. The first kappa shape index (κ1) is 15.0. The lowest BCUT2D eigenvalue weighted by Gasteiger charge is -2.47. The second-order valence-electron chi connectivity index (χ2n) is 6.57. The normalized spacial score (nSPS) is 33.8. The lowest BCUT2D eigenvalue weighted by molar-refractivity contribution is 0.0711. The van der Waals surface area contributed by atoms with E-state index in [1.165, 1.54) is 30.3 Å². The van der Waals surface area contributed by atoms with Crippen LogP contribution in [-0.4, -0.2) is 58.6 Å². The Morgan fingerprint density at radius 3 is 2.72 bits per heavy atom. The van der Waals surface area contributed by atoms with Gasteiger partial charge in [0.2, 0.25) is 0 Å². The Labute approximate surface area is 121 Å². The van der Waals surface area contributed by atoms with Crippen molar-refractivity contribution in [1.29, 1.82) is 0 Å². The van der Waals surface area contributed by atoms with Crippen LogP contribution in [0.4, 0.5) is 0 Å². The minimum absolute atomic E-state index is 0.276. The van der Waals surface area contributed by atoms with Crippen molar-refractivity contribution in [1.82, 2.24) is 10.2 Å². The summed E-state index contributed by atoms with van der Waals surface area (Å²) < 4.78 is 0. The molecule has 1 N–H and O–H groups in total. The molecule has 2 heterocycles. The SMILES string of the molecule is CC(C)C1CNC(C)(C)CN1CC1CSCCS1. The van der Waals surface area contributed by atoms with Crippen molar-refractivity contribution >= 4 is 23.5 Å². The van der Waals surface area contributed by atoms with Crippen LogP contribution in [0.1, 0.15) is 27.7 Å². The third-order valence-electron chi connectivity index (χ3n) is 3.95. The average Bonchev–Trinajstić information content (AvgIpc) is 2.28. The first-order valence-corrected chi connectivity index (χ1v) is 9.37. The first-order valence-electron chi connectivity index (χ1n) is 7.16. The number of piperazine rings is 1. The largest absolute Gasteiger partial charge is 0.309 e. The minimum Gasteiger partial charge on any atom is -0.309 e. The van der Waals surface area contributed by atoms with Gasteiger partial charge >= 0.3 is 0 Å². The summed E-state index contributed by atoms with van der Waals surface area (Å²) >= 11 is 4.33. The van der Waals surface area contributed by atoms with Gasteiger partial charge in [-0.05, 0) is 19.8 Å². The molecule has 0 amide bonds. The predicted molar refractivity (Wildman–Crippen MR) is 85.9 cm³/mol. The van der Waals surface area contributed by atoms with Crippen molar-refractivity contribution < 1.29 is 0 Å². The van der Waals surface area contributed by atoms with Gasteiger partial charge in [-0.25, -0.2) is 0 Å². The quantitative estimate of drug-likeness (QED) is 0.858. The van der Waals surface area contributed by atoms with Crippen LogP contribution < -0.4 is 5.32 Å². The molecule has 0 aliphatic carbocycles. The topological polar surface area (TPSA) is 15.3 Å². The summed E-state index contributed by atoms with van der Waals surface area (Å²) in [6.07, 6.45) is 0. The molecular formula is C14H28N2S2. The van der Waals surface area contributed by atoms with Crippen LogP contribution in [0.2, 0.25) is 0 Å².